The fourth-order valence-corrected chi connectivity index (χ4v) is 4.99. The molecule has 0 unspecified atom stereocenters. The lowest BCUT2D eigenvalue weighted by Crippen LogP contribution is -2.15. The number of benzene rings is 2. The monoisotopic (exact) mass is 409 g/mol. The second-order valence-corrected chi connectivity index (χ2v) is 8.30. The largest absolute Gasteiger partial charge is 0.385 e. The van der Waals surface area contributed by atoms with Crippen LogP contribution in [-0.2, 0) is 0 Å². The fraction of sp³-hybridized carbons (Fsp3) is 0.273. The highest BCUT2D eigenvalue weighted by molar-refractivity contribution is 7.12. The van der Waals surface area contributed by atoms with Gasteiger partial charge in [-0.25, -0.2) is 4.39 Å². The summed E-state index contributed by atoms with van der Waals surface area (Å²) in [4.78, 5) is 25.8. The maximum absolute atomic E-state index is 15.2. The summed E-state index contributed by atoms with van der Waals surface area (Å²) >= 11 is 1.18. The molecule has 1 aliphatic rings. The number of fused-ring (bicyclic) bond motifs is 2. The quantitative estimate of drug-likeness (QED) is 0.509. The van der Waals surface area contributed by atoms with E-state index >= 15 is 4.39 Å². The van der Waals surface area contributed by atoms with Crippen molar-refractivity contribution in [2.24, 2.45) is 0 Å². The molecule has 5 nitrogen and oxygen atoms in total. The summed E-state index contributed by atoms with van der Waals surface area (Å²) in [5.41, 5.74) is 3.06. The first-order valence-corrected chi connectivity index (χ1v) is 10.6. The third-order valence-corrected chi connectivity index (χ3v) is 6.50. The predicted octanol–water partition coefficient (Wildman–Crippen LogP) is 4.79. The molecule has 29 heavy (non-hydrogen) atoms. The zero-order chi connectivity index (χ0) is 20.3. The highest BCUT2D eigenvalue weighted by atomic mass is 32.1. The summed E-state index contributed by atoms with van der Waals surface area (Å²) in [7, 11) is 0. The zero-order valence-electron chi connectivity index (χ0n) is 16.1. The predicted molar refractivity (Wildman–Crippen MR) is 117 cm³/mol. The molecule has 2 aromatic carbocycles. The van der Waals surface area contributed by atoms with Gasteiger partial charge in [-0.3, -0.25) is 14.0 Å². The molecule has 2 N–H and O–H groups in total. The van der Waals surface area contributed by atoms with Crippen LogP contribution in [0.5, 0.6) is 0 Å². The topological polar surface area (TPSA) is 66.9 Å². The maximum Gasteiger partial charge on any atom is 0.271 e. The number of hydrogen-bond acceptors (Lipinski definition) is 4. The van der Waals surface area contributed by atoms with Gasteiger partial charge in [0.1, 0.15) is 16.0 Å². The van der Waals surface area contributed by atoms with Crippen molar-refractivity contribution in [1.82, 2.24) is 8.94 Å². The molecule has 2 heterocycles. The van der Waals surface area contributed by atoms with E-state index in [9.17, 15) is 9.59 Å². The van der Waals surface area contributed by atoms with Gasteiger partial charge in [-0.1, -0.05) is 12.1 Å². The minimum absolute atomic E-state index is 0.131. The van der Waals surface area contributed by atoms with E-state index in [2.05, 4.69) is 9.69 Å². The van der Waals surface area contributed by atoms with Gasteiger partial charge >= 0.3 is 0 Å². The Morgan fingerprint density at radius 2 is 2.03 bits per heavy atom. The summed E-state index contributed by atoms with van der Waals surface area (Å²) in [5, 5.41) is 3.69. The van der Waals surface area contributed by atoms with E-state index in [1.165, 1.54) is 17.6 Å². The highest BCUT2D eigenvalue weighted by Gasteiger charge is 2.29. The SMILES string of the molecule is CCNc1cccc(-c2cc3c(cc2F)c(=O)c2c(=O)[nH]sc2n3C2CC2)c1C. The zero-order valence-corrected chi connectivity index (χ0v) is 17.0. The van der Waals surface area contributed by atoms with Crippen molar-refractivity contribution < 1.29 is 4.39 Å². The van der Waals surface area contributed by atoms with Crippen LogP contribution in [-0.4, -0.2) is 15.5 Å². The molecule has 0 saturated heterocycles. The Morgan fingerprint density at radius 3 is 2.76 bits per heavy atom. The molecular weight excluding hydrogens is 389 g/mol. The Kier molecular flexibility index (Phi) is 4.10. The summed E-state index contributed by atoms with van der Waals surface area (Å²) in [5.74, 6) is -0.459. The number of pyridine rings is 1. The van der Waals surface area contributed by atoms with Crippen molar-refractivity contribution in [3.8, 4) is 11.1 Å². The Balaban J connectivity index is 1.87. The lowest BCUT2D eigenvalue weighted by Gasteiger charge is -2.16. The lowest BCUT2D eigenvalue weighted by molar-refractivity contribution is 0.632. The fourth-order valence-electron chi connectivity index (χ4n) is 4.06. The summed E-state index contributed by atoms with van der Waals surface area (Å²) in [6.45, 7) is 4.76. The first-order chi connectivity index (χ1) is 14.0. The van der Waals surface area contributed by atoms with E-state index in [0.717, 1.165) is 36.2 Å². The molecule has 0 radical (unpaired) electrons. The number of nitrogens with zero attached hydrogens (tertiary/aromatic N) is 1. The van der Waals surface area contributed by atoms with Gasteiger partial charge in [0.2, 0.25) is 5.43 Å². The molecular formula is C22H20FN3O2S. The minimum Gasteiger partial charge on any atom is -0.385 e. The van der Waals surface area contributed by atoms with Crippen molar-refractivity contribution in [3.63, 3.8) is 0 Å². The smallest absolute Gasteiger partial charge is 0.271 e. The molecule has 0 aliphatic heterocycles. The number of H-pyrrole nitrogens is 1. The average Bonchev–Trinajstić information content (AvgIpc) is 3.46. The van der Waals surface area contributed by atoms with Gasteiger partial charge in [-0.05, 0) is 67.5 Å². The van der Waals surface area contributed by atoms with E-state index in [1.807, 2.05) is 36.6 Å². The molecule has 7 heteroatoms. The molecule has 2 aromatic heterocycles. The van der Waals surface area contributed by atoms with Crippen molar-refractivity contribution >= 4 is 38.3 Å². The summed E-state index contributed by atoms with van der Waals surface area (Å²) < 4.78 is 19.9. The Bertz CT molecular complexity index is 1400. The molecule has 1 aliphatic carbocycles. The van der Waals surface area contributed by atoms with Gasteiger partial charge in [-0.15, -0.1) is 0 Å². The van der Waals surface area contributed by atoms with Crippen LogP contribution in [0.15, 0.2) is 39.9 Å². The summed E-state index contributed by atoms with van der Waals surface area (Å²) in [6, 6.07) is 9.07. The van der Waals surface area contributed by atoms with Crippen LogP contribution in [0.1, 0.15) is 31.4 Å². The second-order valence-electron chi connectivity index (χ2n) is 7.50. The average molecular weight is 409 g/mol. The van der Waals surface area contributed by atoms with Crippen molar-refractivity contribution in [3.05, 3.63) is 62.3 Å². The molecule has 0 bridgehead atoms. The second kappa shape index (κ2) is 6.56. The first kappa shape index (κ1) is 18.1. The Labute approximate surface area is 170 Å². The van der Waals surface area contributed by atoms with Crippen LogP contribution >= 0.6 is 11.5 Å². The molecule has 148 valence electrons. The van der Waals surface area contributed by atoms with Crippen molar-refractivity contribution in [2.75, 3.05) is 11.9 Å². The number of hydrogen-bond donors (Lipinski definition) is 2. The third-order valence-electron chi connectivity index (χ3n) is 5.62. The molecule has 5 rings (SSSR count). The number of aromatic amines is 1. The van der Waals surface area contributed by atoms with Gasteiger partial charge in [-0.2, -0.15) is 0 Å². The van der Waals surface area contributed by atoms with E-state index in [4.69, 9.17) is 0 Å². The molecule has 1 saturated carbocycles. The van der Waals surface area contributed by atoms with Crippen molar-refractivity contribution in [2.45, 2.75) is 32.7 Å². The first-order valence-electron chi connectivity index (χ1n) is 9.74. The van der Waals surface area contributed by atoms with Gasteiger partial charge < -0.3 is 9.88 Å². The molecule has 1 fully saturated rings. The number of halogens is 1. The maximum atomic E-state index is 15.2. The standard InChI is InChI=1S/C22H20FN3O2S/c1-3-24-17-6-4-5-13(11(17)2)14-10-18-15(9-16(14)23)20(27)19-21(28)25-29-22(19)26(18)12-7-8-12/h4-6,9-10,12,24H,3,7-8H2,1-2H3,(H,25,28). The minimum atomic E-state index is -0.459. The van der Waals surface area contributed by atoms with Crippen LogP contribution in [0.3, 0.4) is 0 Å². The number of rotatable bonds is 4. The van der Waals surface area contributed by atoms with Crippen LogP contribution in [0.2, 0.25) is 0 Å². The van der Waals surface area contributed by atoms with E-state index in [-0.39, 0.29) is 16.8 Å². The molecule has 0 spiro atoms. The van der Waals surface area contributed by atoms with E-state index < -0.39 is 16.8 Å². The van der Waals surface area contributed by atoms with Gasteiger partial charge in [0.25, 0.3) is 5.56 Å². The molecule has 4 aromatic rings. The summed E-state index contributed by atoms with van der Waals surface area (Å²) in [6.07, 6.45) is 1.97. The van der Waals surface area contributed by atoms with Gasteiger partial charge in [0, 0.05) is 29.2 Å². The highest BCUT2D eigenvalue weighted by Crippen LogP contribution is 2.41. The third kappa shape index (κ3) is 2.72. The number of anilines is 1. The van der Waals surface area contributed by atoms with Crippen LogP contribution in [0, 0.1) is 12.7 Å². The number of aromatic nitrogens is 2. The van der Waals surface area contributed by atoms with Gasteiger partial charge in [0.05, 0.1) is 5.52 Å². The lowest BCUT2D eigenvalue weighted by atomic mass is 9.97. The Hall–Kier alpha value is -2.93. The van der Waals surface area contributed by atoms with E-state index in [0.29, 0.717) is 15.9 Å². The normalized spacial score (nSPS) is 14.0. The van der Waals surface area contributed by atoms with Crippen LogP contribution in [0.4, 0.5) is 10.1 Å². The molecule has 0 atom stereocenters. The van der Waals surface area contributed by atoms with Crippen LogP contribution < -0.4 is 16.3 Å². The van der Waals surface area contributed by atoms with Gasteiger partial charge in [0.15, 0.2) is 0 Å². The molecule has 0 amide bonds. The van der Waals surface area contributed by atoms with Crippen LogP contribution in [0.25, 0.3) is 32.2 Å². The van der Waals surface area contributed by atoms with E-state index in [1.54, 1.807) is 6.07 Å². The van der Waals surface area contributed by atoms with Crippen molar-refractivity contribution in [1.29, 1.82) is 0 Å². The Morgan fingerprint density at radius 1 is 1.24 bits per heavy atom. The number of nitrogens with one attached hydrogen (secondary N) is 2.